The van der Waals surface area contributed by atoms with Gasteiger partial charge in [0, 0.05) is 31.9 Å². The Morgan fingerprint density at radius 3 is 3.11 bits per heavy atom. The molecule has 2 aromatic heterocycles. The zero-order valence-electron chi connectivity index (χ0n) is 10.2. The molecule has 96 valence electrons. The van der Waals surface area contributed by atoms with Crippen LogP contribution in [0.15, 0.2) is 18.6 Å². The molecule has 2 heterocycles. The quantitative estimate of drug-likeness (QED) is 0.702. The molecule has 7 heteroatoms. The highest BCUT2D eigenvalue weighted by Gasteiger charge is 2.15. The van der Waals surface area contributed by atoms with Crippen molar-refractivity contribution >= 4 is 11.6 Å². The smallest absolute Gasteiger partial charge is 0.271 e. The third-order valence-corrected chi connectivity index (χ3v) is 2.58. The van der Waals surface area contributed by atoms with Crippen LogP contribution in [0.4, 0.5) is 5.69 Å². The number of nitrogens with two attached hydrogens (primary N) is 1. The fourth-order valence-corrected chi connectivity index (χ4v) is 1.70. The molecule has 0 atom stereocenters. The third-order valence-electron chi connectivity index (χ3n) is 2.58. The number of anilines is 1. The summed E-state index contributed by atoms with van der Waals surface area (Å²) in [5.74, 6) is 0.630. The molecule has 0 saturated carbocycles. The van der Waals surface area contributed by atoms with E-state index in [1.54, 1.807) is 17.1 Å². The largest absolute Gasteiger partial charge is 0.396 e. The van der Waals surface area contributed by atoms with Gasteiger partial charge in [0.15, 0.2) is 0 Å². The highest BCUT2D eigenvalue weighted by molar-refractivity contribution is 5.97. The molecule has 0 saturated heterocycles. The summed E-state index contributed by atoms with van der Waals surface area (Å²) in [7, 11) is 0. The van der Waals surface area contributed by atoms with E-state index < -0.39 is 0 Å². The second-order valence-corrected chi connectivity index (χ2v) is 3.81. The molecule has 18 heavy (non-hydrogen) atoms. The number of aromatic nitrogens is 4. The number of aromatic amines is 1. The highest BCUT2D eigenvalue weighted by Crippen LogP contribution is 2.10. The lowest BCUT2D eigenvalue weighted by Crippen LogP contribution is -2.29. The van der Waals surface area contributed by atoms with E-state index in [0.717, 1.165) is 5.82 Å². The van der Waals surface area contributed by atoms with Gasteiger partial charge in [0.05, 0.1) is 11.9 Å². The predicted molar refractivity (Wildman–Crippen MR) is 66.9 cm³/mol. The van der Waals surface area contributed by atoms with E-state index >= 15 is 0 Å². The number of imidazole rings is 1. The van der Waals surface area contributed by atoms with Gasteiger partial charge < -0.3 is 16.0 Å². The van der Waals surface area contributed by atoms with Gasteiger partial charge in [-0.05, 0) is 6.92 Å². The van der Waals surface area contributed by atoms with Crippen LogP contribution >= 0.6 is 0 Å². The van der Waals surface area contributed by atoms with Crippen molar-refractivity contribution in [1.82, 2.24) is 25.1 Å². The topological polar surface area (TPSA) is 102 Å². The lowest BCUT2D eigenvalue weighted by atomic mass is 10.3. The molecule has 1 amide bonds. The van der Waals surface area contributed by atoms with Crippen molar-refractivity contribution < 1.29 is 4.79 Å². The van der Waals surface area contributed by atoms with Crippen LogP contribution in [0.1, 0.15) is 23.2 Å². The first-order valence-corrected chi connectivity index (χ1v) is 5.80. The molecular weight excluding hydrogens is 232 g/mol. The maximum absolute atomic E-state index is 12.0. The Balaban J connectivity index is 1.93. The van der Waals surface area contributed by atoms with Crippen molar-refractivity contribution in [3.63, 3.8) is 0 Å². The summed E-state index contributed by atoms with van der Waals surface area (Å²) in [4.78, 5) is 19.0. The number of nitrogen functional groups attached to an aromatic ring is 1. The van der Waals surface area contributed by atoms with Crippen molar-refractivity contribution in [2.24, 2.45) is 0 Å². The average Bonchev–Trinajstić information content (AvgIpc) is 2.98. The molecule has 2 rings (SSSR count). The molecule has 0 aliphatic heterocycles. The summed E-state index contributed by atoms with van der Waals surface area (Å²) < 4.78 is 1.58. The van der Waals surface area contributed by atoms with Crippen molar-refractivity contribution in [3.05, 3.63) is 30.1 Å². The Morgan fingerprint density at radius 1 is 1.61 bits per heavy atom. The first-order valence-electron chi connectivity index (χ1n) is 5.80. The first-order chi connectivity index (χ1) is 8.72. The van der Waals surface area contributed by atoms with E-state index in [-0.39, 0.29) is 5.91 Å². The van der Waals surface area contributed by atoms with Crippen LogP contribution < -0.4 is 11.1 Å². The van der Waals surface area contributed by atoms with Crippen LogP contribution in [0.2, 0.25) is 0 Å². The fourth-order valence-electron chi connectivity index (χ4n) is 1.70. The number of hydrogen-bond acceptors (Lipinski definition) is 4. The Kier molecular flexibility index (Phi) is 3.61. The lowest BCUT2D eigenvalue weighted by Gasteiger charge is -2.06. The monoisotopic (exact) mass is 248 g/mol. The van der Waals surface area contributed by atoms with Gasteiger partial charge in [0.25, 0.3) is 5.91 Å². The third kappa shape index (κ3) is 2.50. The molecule has 0 aliphatic carbocycles. The van der Waals surface area contributed by atoms with Gasteiger partial charge in [-0.2, -0.15) is 5.10 Å². The van der Waals surface area contributed by atoms with Crippen molar-refractivity contribution in [2.75, 3.05) is 12.3 Å². The zero-order chi connectivity index (χ0) is 13.0. The van der Waals surface area contributed by atoms with E-state index in [4.69, 9.17) is 5.73 Å². The number of H-pyrrole nitrogens is 1. The van der Waals surface area contributed by atoms with E-state index in [1.165, 1.54) is 6.20 Å². The minimum absolute atomic E-state index is 0.210. The van der Waals surface area contributed by atoms with Crippen LogP contribution in [-0.4, -0.2) is 32.2 Å². The molecule has 0 aliphatic rings. The van der Waals surface area contributed by atoms with E-state index in [9.17, 15) is 4.79 Å². The van der Waals surface area contributed by atoms with Gasteiger partial charge >= 0.3 is 0 Å². The Morgan fingerprint density at radius 2 is 2.44 bits per heavy atom. The summed E-state index contributed by atoms with van der Waals surface area (Å²) in [5.41, 5.74) is 6.53. The number of hydrogen-bond donors (Lipinski definition) is 3. The predicted octanol–water partition coefficient (Wildman–Crippen LogP) is 0.181. The Labute approximate surface area is 104 Å². The summed E-state index contributed by atoms with van der Waals surface area (Å²) in [5, 5.41) is 6.82. The lowest BCUT2D eigenvalue weighted by molar-refractivity contribution is 0.0944. The summed E-state index contributed by atoms with van der Waals surface area (Å²) in [6.45, 7) is 3.02. The van der Waals surface area contributed by atoms with Crippen molar-refractivity contribution in [1.29, 1.82) is 0 Å². The molecule has 7 nitrogen and oxygen atoms in total. The van der Waals surface area contributed by atoms with Gasteiger partial charge in [-0.1, -0.05) is 0 Å². The van der Waals surface area contributed by atoms with Gasteiger partial charge in [-0.25, -0.2) is 4.98 Å². The SMILES string of the molecule is CCn1ncc(N)c1C(=O)NCCc1ncc[nH]1. The maximum atomic E-state index is 12.0. The number of aryl methyl sites for hydroxylation is 1. The van der Waals surface area contributed by atoms with Crippen LogP contribution in [-0.2, 0) is 13.0 Å². The van der Waals surface area contributed by atoms with Crippen LogP contribution in [0, 0.1) is 0 Å². The molecule has 0 radical (unpaired) electrons. The molecule has 4 N–H and O–H groups in total. The average molecular weight is 248 g/mol. The number of carbonyl (C=O) groups is 1. The second-order valence-electron chi connectivity index (χ2n) is 3.81. The zero-order valence-corrected chi connectivity index (χ0v) is 10.2. The minimum Gasteiger partial charge on any atom is -0.396 e. The summed E-state index contributed by atoms with van der Waals surface area (Å²) >= 11 is 0. The number of amides is 1. The molecular formula is C11H16N6O. The highest BCUT2D eigenvalue weighted by atomic mass is 16.2. The van der Waals surface area contributed by atoms with Gasteiger partial charge in [-0.3, -0.25) is 9.48 Å². The molecule has 0 bridgehead atoms. The Bertz CT molecular complexity index is 516. The normalized spacial score (nSPS) is 10.5. The second kappa shape index (κ2) is 5.35. The summed E-state index contributed by atoms with van der Waals surface area (Å²) in [6.07, 6.45) is 5.58. The van der Waals surface area contributed by atoms with Crippen molar-refractivity contribution in [2.45, 2.75) is 19.9 Å². The summed E-state index contributed by atoms with van der Waals surface area (Å²) in [6, 6.07) is 0. The Hall–Kier alpha value is -2.31. The molecule has 0 aromatic carbocycles. The maximum Gasteiger partial charge on any atom is 0.271 e. The molecule has 2 aromatic rings. The minimum atomic E-state index is -0.210. The van der Waals surface area contributed by atoms with Crippen LogP contribution in [0.3, 0.4) is 0 Å². The van der Waals surface area contributed by atoms with Gasteiger partial charge in [0.2, 0.25) is 0 Å². The molecule has 0 unspecified atom stereocenters. The number of nitrogens with zero attached hydrogens (tertiary/aromatic N) is 3. The van der Waals surface area contributed by atoms with Gasteiger partial charge in [-0.15, -0.1) is 0 Å². The standard InChI is InChI=1S/C11H16N6O/c1-2-17-10(8(12)7-16-17)11(18)15-4-3-9-13-5-6-14-9/h5-7H,2-4,12H2,1H3,(H,13,14)(H,15,18). The number of nitrogens with one attached hydrogen (secondary N) is 2. The van der Waals surface area contributed by atoms with E-state index in [0.29, 0.717) is 30.9 Å². The fraction of sp³-hybridized carbons (Fsp3) is 0.364. The first kappa shape index (κ1) is 12.2. The van der Waals surface area contributed by atoms with Gasteiger partial charge in [0.1, 0.15) is 11.5 Å². The van der Waals surface area contributed by atoms with E-state index in [1.807, 2.05) is 6.92 Å². The molecule has 0 fully saturated rings. The number of carbonyl (C=O) groups excluding carboxylic acids is 1. The van der Waals surface area contributed by atoms with Crippen molar-refractivity contribution in [3.8, 4) is 0 Å². The number of rotatable bonds is 5. The van der Waals surface area contributed by atoms with Crippen LogP contribution in [0.25, 0.3) is 0 Å². The van der Waals surface area contributed by atoms with Crippen LogP contribution in [0.5, 0.6) is 0 Å². The van der Waals surface area contributed by atoms with E-state index in [2.05, 4.69) is 20.4 Å². The molecule has 0 spiro atoms.